The van der Waals surface area contributed by atoms with Crippen molar-refractivity contribution in [1.29, 1.82) is 0 Å². The van der Waals surface area contributed by atoms with Crippen LogP contribution in [0.2, 0.25) is 0 Å². The smallest absolute Gasteiger partial charge is 0.405 e. The highest BCUT2D eigenvalue weighted by Gasteiger charge is 2.32. The summed E-state index contributed by atoms with van der Waals surface area (Å²) in [5.74, 6) is -1.01. The van der Waals surface area contributed by atoms with Crippen LogP contribution in [-0.2, 0) is 6.54 Å². The summed E-state index contributed by atoms with van der Waals surface area (Å²) >= 11 is 0. The van der Waals surface area contributed by atoms with E-state index in [2.05, 4.69) is 9.72 Å². The predicted molar refractivity (Wildman–Crippen MR) is 79.7 cm³/mol. The molecule has 0 spiro atoms. The SMILES string of the molecule is CC(=O)c1c[nH]c(C(=O)N(C)Cc2ccccc2OC(F)(F)F)c1. The number of amides is 1. The molecule has 1 N–H and O–H groups in total. The maximum Gasteiger partial charge on any atom is 0.573 e. The zero-order valence-corrected chi connectivity index (χ0v) is 13.0. The van der Waals surface area contributed by atoms with Gasteiger partial charge < -0.3 is 14.6 Å². The monoisotopic (exact) mass is 340 g/mol. The first-order chi connectivity index (χ1) is 11.2. The van der Waals surface area contributed by atoms with Gasteiger partial charge in [0.05, 0.1) is 0 Å². The molecule has 1 amide bonds. The number of ether oxygens (including phenoxy) is 1. The molecule has 0 saturated heterocycles. The van der Waals surface area contributed by atoms with Crippen LogP contribution >= 0.6 is 0 Å². The Morgan fingerprint density at radius 3 is 2.50 bits per heavy atom. The van der Waals surface area contributed by atoms with E-state index in [0.717, 1.165) is 0 Å². The molecule has 1 heterocycles. The van der Waals surface area contributed by atoms with Crippen molar-refractivity contribution in [3.8, 4) is 5.75 Å². The van der Waals surface area contributed by atoms with E-state index in [4.69, 9.17) is 0 Å². The second-order valence-electron chi connectivity index (χ2n) is 5.17. The molecule has 1 aromatic heterocycles. The van der Waals surface area contributed by atoms with Gasteiger partial charge in [-0.3, -0.25) is 9.59 Å². The zero-order chi connectivity index (χ0) is 17.9. The van der Waals surface area contributed by atoms with Crippen molar-refractivity contribution < 1.29 is 27.5 Å². The van der Waals surface area contributed by atoms with Crippen LogP contribution in [0.5, 0.6) is 5.75 Å². The van der Waals surface area contributed by atoms with Gasteiger partial charge >= 0.3 is 6.36 Å². The second kappa shape index (κ2) is 6.77. The Bertz CT molecular complexity index is 753. The zero-order valence-electron chi connectivity index (χ0n) is 13.0. The number of aromatic nitrogens is 1. The van der Waals surface area contributed by atoms with E-state index in [1.165, 1.54) is 49.3 Å². The van der Waals surface area contributed by atoms with Gasteiger partial charge in [0.15, 0.2) is 5.78 Å². The summed E-state index contributed by atoms with van der Waals surface area (Å²) in [4.78, 5) is 27.5. The van der Waals surface area contributed by atoms with Crippen molar-refractivity contribution in [3.63, 3.8) is 0 Å². The molecule has 0 fully saturated rings. The van der Waals surface area contributed by atoms with Gasteiger partial charge in [-0.2, -0.15) is 0 Å². The van der Waals surface area contributed by atoms with Gasteiger partial charge in [-0.05, 0) is 19.1 Å². The van der Waals surface area contributed by atoms with Crippen LogP contribution in [0.25, 0.3) is 0 Å². The first kappa shape index (κ1) is 17.6. The highest BCUT2D eigenvalue weighted by molar-refractivity contribution is 5.98. The van der Waals surface area contributed by atoms with Crippen LogP contribution in [0.4, 0.5) is 13.2 Å². The summed E-state index contributed by atoms with van der Waals surface area (Å²) in [5, 5.41) is 0. The standard InChI is InChI=1S/C16H15F3N2O3/c1-10(22)12-7-13(20-8-12)15(23)21(2)9-11-5-3-4-6-14(11)24-16(17,18)19/h3-8,20H,9H2,1-2H3. The van der Waals surface area contributed by atoms with Gasteiger partial charge in [0, 0.05) is 30.9 Å². The van der Waals surface area contributed by atoms with Crippen LogP contribution in [0.3, 0.4) is 0 Å². The molecule has 0 unspecified atom stereocenters. The molecule has 128 valence electrons. The van der Waals surface area contributed by atoms with Crippen LogP contribution in [-0.4, -0.2) is 35.0 Å². The Morgan fingerprint density at radius 1 is 1.25 bits per heavy atom. The van der Waals surface area contributed by atoms with E-state index in [1.807, 2.05) is 0 Å². The number of nitrogens with zero attached hydrogens (tertiary/aromatic N) is 1. The number of nitrogens with one attached hydrogen (secondary N) is 1. The predicted octanol–water partition coefficient (Wildman–Crippen LogP) is 3.39. The fourth-order valence-corrected chi connectivity index (χ4v) is 2.11. The maximum atomic E-state index is 12.4. The molecule has 24 heavy (non-hydrogen) atoms. The minimum Gasteiger partial charge on any atom is -0.405 e. The number of hydrogen-bond acceptors (Lipinski definition) is 3. The summed E-state index contributed by atoms with van der Waals surface area (Å²) in [5.41, 5.74) is 0.744. The van der Waals surface area contributed by atoms with E-state index in [9.17, 15) is 22.8 Å². The minimum absolute atomic E-state index is 0.0838. The van der Waals surface area contributed by atoms with Crippen molar-refractivity contribution >= 4 is 11.7 Å². The van der Waals surface area contributed by atoms with Crippen LogP contribution < -0.4 is 4.74 Å². The van der Waals surface area contributed by atoms with Gasteiger partial charge in [-0.15, -0.1) is 13.2 Å². The average molecular weight is 340 g/mol. The third-order valence-corrected chi connectivity index (χ3v) is 3.27. The number of rotatable bonds is 5. The van der Waals surface area contributed by atoms with Crippen molar-refractivity contribution in [2.75, 3.05) is 7.05 Å². The first-order valence-corrected chi connectivity index (χ1v) is 6.96. The van der Waals surface area contributed by atoms with Crippen LogP contribution in [0, 0.1) is 0 Å². The van der Waals surface area contributed by atoms with E-state index in [0.29, 0.717) is 5.56 Å². The topological polar surface area (TPSA) is 62.4 Å². The molecule has 0 aliphatic rings. The quantitative estimate of drug-likeness (QED) is 0.849. The number of alkyl halides is 3. The molecule has 0 saturated carbocycles. The van der Waals surface area contributed by atoms with Gasteiger partial charge in [0.25, 0.3) is 5.91 Å². The number of halogens is 3. The van der Waals surface area contributed by atoms with Crippen molar-refractivity contribution in [2.24, 2.45) is 0 Å². The normalized spacial score (nSPS) is 11.2. The fourth-order valence-electron chi connectivity index (χ4n) is 2.11. The second-order valence-corrected chi connectivity index (χ2v) is 5.17. The molecule has 0 aliphatic heterocycles. The van der Waals surface area contributed by atoms with E-state index >= 15 is 0 Å². The van der Waals surface area contributed by atoms with E-state index in [-0.39, 0.29) is 29.3 Å². The van der Waals surface area contributed by atoms with Crippen molar-refractivity contribution in [3.05, 3.63) is 53.3 Å². The van der Waals surface area contributed by atoms with E-state index in [1.54, 1.807) is 6.07 Å². The lowest BCUT2D eigenvalue weighted by molar-refractivity contribution is -0.275. The number of benzene rings is 1. The highest BCUT2D eigenvalue weighted by Crippen LogP contribution is 2.27. The molecule has 0 radical (unpaired) electrons. The molecular weight excluding hydrogens is 325 g/mol. The van der Waals surface area contributed by atoms with Gasteiger partial charge in [0.1, 0.15) is 11.4 Å². The van der Waals surface area contributed by atoms with Crippen LogP contribution in [0.1, 0.15) is 33.3 Å². The largest absolute Gasteiger partial charge is 0.573 e. The molecule has 0 aliphatic carbocycles. The number of Topliss-reactive ketones (excluding diaryl/α,β-unsaturated/α-hetero) is 1. The number of ketones is 1. The summed E-state index contributed by atoms with van der Waals surface area (Å²) in [6.45, 7) is 1.28. The maximum absolute atomic E-state index is 12.4. The molecule has 0 atom stereocenters. The Kier molecular flexibility index (Phi) is 4.96. The fraction of sp³-hybridized carbons (Fsp3) is 0.250. The number of aromatic amines is 1. The molecular formula is C16H15F3N2O3. The van der Waals surface area contributed by atoms with Crippen LogP contribution in [0.15, 0.2) is 36.5 Å². The van der Waals surface area contributed by atoms with Gasteiger partial charge in [0.2, 0.25) is 0 Å². The Labute approximate surface area is 136 Å². The van der Waals surface area contributed by atoms with Gasteiger partial charge in [-0.1, -0.05) is 18.2 Å². The summed E-state index contributed by atoms with van der Waals surface area (Å²) in [7, 11) is 1.45. The summed E-state index contributed by atoms with van der Waals surface area (Å²) in [6.07, 6.45) is -3.40. The number of carbonyl (C=O) groups is 2. The number of hydrogen-bond donors (Lipinski definition) is 1. The number of H-pyrrole nitrogens is 1. The average Bonchev–Trinajstić information content (AvgIpc) is 2.97. The van der Waals surface area contributed by atoms with Gasteiger partial charge in [-0.25, -0.2) is 0 Å². The van der Waals surface area contributed by atoms with Crippen molar-refractivity contribution in [2.45, 2.75) is 19.8 Å². The van der Waals surface area contributed by atoms with E-state index < -0.39 is 12.3 Å². The Balaban J connectivity index is 2.15. The lowest BCUT2D eigenvalue weighted by Crippen LogP contribution is -2.27. The lowest BCUT2D eigenvalue weighted by atomic mass is 10.2. The minimum atomic E-state index is -4.81. The van der Waals surface area contributed by atoms with Crippen molar-refractivity contribution in [1.82, 2.24) is 9.88 Å². The Hall–Kier alpha value is -2.77. The number of carbonyl (C=O) groups excluding carboxylic acids is 2. The molecule has 2 aromatic rings. The lowest BCUT2D eigenvalue weighted by Gasteiger charge is -2.19. The Morgan fingerprint density at radius 2 is 1.92 bits per heavy atom. The molecule has 1 aromatic carbocycles. The number of para-hydroxylation sites is 1. The molecule has 2 rings (SSSR count). The molecule has 0 bridgehead atoms. The first-order valence-electron chi connectivity index (χ1n) is 6.96. The third kappa shape index (κ3) is 4.37. The third-order valence-electron chi connectivity index (χ3n) is 3.27. The summed E-state index contributed by atoms with van der Waals surface area (Å²) < 4.78 is 41.2. The summed E-state index contributed by atoms with van der Waals surface area (Å²) in [6, 6.07) is 7.00. The molecule has 5 nitrogen and oxygen atoms in total. The highest BCUT2D eigenvalue weighted by atomic mass is 19.4. The molecule has 8 heteroatoms.